The topological polar surface area (TPSA) is 25.8 Å². The Morgan fingerprint density at radius 1 is 1.22 bits per heavy atom. The molecule has 0 aromatic carbocycles. The molecule has 2 aromatic heterocycles. The molecule has 0 spiro atoms. The lowest BCUT2D eigenvalue weighted by molar-refractivity contribution is 0.604. The Labute approximate surface area is 116 Å². The number of aromatic nitrogens is 2. The fraction of sp³-hybridized carbons (Fsp3) is 0.286. The monoisotopic (exact) mass is 276 g/mol. The summed E-state index contributed by atoms with van der Waals surface area (Å²) in [4.78, 5) is 1.24. The first kappa shape index (κ1) is 13.1. The maximum absolute atomic E-state index is 6.21. The highest BCUT2D eigenvalue weighted by Crippen LogP contribution is 2.35. The van der Waals surface area contributed by atoms with E-state index in [9.17, 15) is 0 Å². The molecule has 0 N–H and O–H groups in total. The standard InChI is InChI=1S/C14H13ClN2S/c1-14(2,3)12-8-11(13(15)18-12)5-4-10-6-7-16-17-9-10/h6-9H,1-3H3. The quantitative estimate of drug-likeness (QED) is 0.682. The van der Waals surface area contributed by atoms with E-state index in [1.165, 1.54) is 4.88 Å². The first-order valence-electron chi connectivity index (χ1n) is 5.55. The van der Waals surface area contributed by atoms with Crippen molar-refractivity contribution in [2.45, 2.75) is 26.2 Å². The number of nitrogens with zero attached hydrogens (tertiary/aromatic N) is 2. The molecule has 92 valence electrons. The summed E-state index contributed by atoms with van der Waals surface area (Å²) < 4.78 is 0.745. The Morgan fingerprint density at radius 2 is 2.00 bits per heavy atom. The summed E-state index contributed by atoms with van der Waals surface area (Å²) in [6, 6.07) is 3.89. The van der Waals surface area contributed by atoms with Gasteiger partial charge in [0, 0.05) is 10.4 Å². The van der Waals surface area contributed by atoms with Gasteiger partial charge in [-0.15, -0.1) is 11.3 Å². The summed E-state index contributed by atoms with van der Waals surface area (Å²) in [6.45, 7) is 6.50. The Hall–Kier alpha value is -1.37. The predicted molar refractivity (Wildman–Crippen MR) is 76.0 cm³/mol. The summed E-state index contributed by atoms with van der Waals surface area (Å²) in [7, 11) is 0. The van der Waals surface area contributed by atoms with E-state index in [4.69, 9.17) is 11.6 Å². The maximum Gasteiger partial charge on any atom is 0.109 e. The summed E-state index contributed by atoms with van der Waals surface area (Å²) in [5, 5.41) is 7.49. The Kier molecular flexibility index (Phi) is 3.70. The summed E-state index contributed by atoms with van der Waals surface area (Å²) >= 11 is 7.80. The summed E-state index contributed by atoms with van der Waals surface area (Å²) in [5.74, 6) is 6.12. The van der Waals surface area contributed by atoms with Crippen LogP contribution in [0.15, 0.2) is 24.5 Å². The van der Waals surface area contributed by atoms with E-state index in [1.54, 1.807) is 23.7 Å². The van der Waals surface area contributed by atoms with Gasteiger partial charge in [-0.05, 0) is 17.5 Å². The molecule has 0 atom stereocenters. The normalized spacial score (nSPS) is 10.9. The van der Waals surface area contributed by atoms with Crippen molar-refractivity contribution >= 4 is 22.9 Å². The molecule has 0 fully saturated rings. The van der Waals surface area contributed by atoms with Crippen LogP contribution in [0.5, 0.6) is 0 Å². The van der Waals surface area contributed by atoms with Gasteiger partial charge in [-0.3, -0.25) is 0 Å². The number of hydrogen-bond acceptors (Lipinski definition) is 3. The lowest BCUT2D eigenvalue weighted by atomic mass is 9.94. The van der Waals surface area contributed by atoms with Crippen molar-refractivity contribution < 1.29 is 0 Å². The second-order valence-electron chi connectivity index (χ2n) is 4.93. The molecule has 0 unspecified atom stereocenters. The molecule has 2 aromatic rings. The number of rotatable bonds is 0. The van der Waals surface area contributed by atoms with Crippen molar-refractivity contribution in [2.75, 3.05) is 0 Å². The molecular weight excluding hydrogens is 264 g/mol. The van der Waals surface area contributed by atoms with Crippen LogP contribution < -0.4 is 0 Å². The van der Waals surface area contributed by atoms with E-state index < -0.39 is 0 Å². The van der Waals surface area contributed by atoms with Gasteiger partial charge in [0.1, 0.15) is 4.34 Å². The van der Waals surface area contributed by atoms with Crippen LogP contribution in [0.25, 0.3) is 0 Å². The van der Waals surface area contributed by atoms with E-state index in [0.717, 1.165) is 15.5 Å². The van der Waals surface area contributed by atoms with Gasteiger partial charge in [0.2, 0.25) is 0 Å². The fourth-order valence-electron chi connectivity index (χ4n) is 1.33. The number of thiophene rings is 1. The fourth-order valence-corrected chi connectivity index (χ4v) is 2.57. The average molecular weight is 277 g/mol. The average Bonchev–Trinajstić information content (AvgIpc) is 2.69. The molecule has 0 saturated heterocycles. The van der Waals surface area contributed by atoms with Gasteiger partial charge in [0.25, 0.3) is 0 Å². The SMILES string of the molecule is CC(C)(C)c1cc(C#Cc2ccnnc2)c(Cl)s1. The van der Waals surface area contributed by atoms with Crippen LogP contribution in [0.4, 0.5) is 0 Å². The van der Waals surface area contributed by atoms with Gasteiger partial charge in [0.15, 0.2) is 0 Å². The smallest absolute Gasteiger partial charge is 0.109 e. The van der Waals surface area contributed by atoms with Crippen molar-refractivity contribution in [1.29, 1.82) is 0 Å². The minimum atomic E-state index is 0.104. The largest absolute Gasteiger partial charge is 0.159 e. The Bertz CT molecular complexity index is 600. The Morgan fingerprint density at radius 3 is 2.56 bits per heavy atom. The molecule has 0 aliphatic heterocycles. The number of hydrogen-bond donors (Lipinski definition) is 0. The van der Waals surface area contributed by atoms with Crippen molar-refractivity contribution in [3.05, 3.63) is 44.9 Å². The lowest BCUT2D eigenvalue weighted by Crippen LogP contribution is -2.07. The number of halogens is 1. The van der Waals surface area contributed by atoms with Gasteiger partial charge in [-0.2, -0.15) is 10.2 Å². The van der Waals surface area contributed by atoms with Crippen molar-refractivity contribution in [1.82, 2.24) is 10.2 Å². The minimum Gasteiger partial charge on any atom is -0.159 e. The van der Waals surface area contributed by atoms with Crippen LogP contribution in [0.1, 0.15) is 36.8 Å². The molecule has 0 aliphatic rings. The molecule has 0 bridgehead atoms. The van der Waals surface area contributed by atoms with Crippen LogP contribution >= 0.6 is 22.9 Å². The van der Waals surface area contributed by atoms with Gasteiger partial charge in [-0.1, -0.05) is 44.2 Å². The van der Waals surface area contributed by atoms with Crippen LogP contribution in [-0.4, -0.2) is 10.2 Å². The second kappa shape index (κ2) is 5.09. The summed E-state index contributed by atoms with van der Waals surface area (Å²) in [5.41, 5.74) is 1.82. The minimum absolute atomic E-state index is 0.104. The van der Waals surface area contributed by atoms with Crippen molar-refractivity contribution in [2.24, 2.45) is 0 Å². The first-order chi connectivity index (χ1) is 8.47. The van der Waals surface area contributed by atoms with Gasteiger partial charge < -0.3 is 0 Å². The van der Waals surface area contributed by atoms with E-state index in [2.05, 4.69) is 48.9 Å². The van der Waals surface area contributed by atoms with Crippen molar-refractivity contribution in [3.63, 3.8) is 0 Å². The van der Waals surface area contributed by atoms with Gasteiger partial charge in [-0.25, -0.2) is 0 Å². The van der Waals surface area contributed by atoms with Crippen LogP contribution in [0, 0.1) is 11.8 Å². The van der Waals surface area contributed by atoms with Crippen LogP contribution in [0.3, 0.4) is 0 Å². The second-order valence-corrected chi connectivity index (χ2v) is 6.58. The molecular formula is C14H13ClN2S. The van der Waals surface area contributed by atoms with Crippen LogP contribution in [-0.2, 0) is 5.41 Å². The van der Waals surface area contributed by atoms with E-state index in [-0.39, 0.29) is 5.41 Å². The molecule has 0 aliphatic carbocycles. The molecule has 4 heteroatoms. The molecule has 0 radical (unpaired) electrons. The predicted octanol–water partition coefficient (Wildman–Crippen LogP) is 3.89. The molecule has 0 amide bonds. The van der Waals surface area contributed by atoms with E-state index >= 15 is 0 Å². The zero-order valence-electron chi connectivity index (χ0n) is 10.5. The van der Waals surface area contributed by atoms with Crippen molar-refractivity contribution in [3.8, 4) is 11.8 Å². The zero-order valence-corrected chi connectivity index (χ0v) is 12.1. The van der Waals surface area contributed by atoms with Gasteiger partial charge in [0.05, 0.1) is 18.0 Å². The molecule has 0 saturated carbocycles. The van der Waals surface area contributed by atoms with Gasteiger partial charge >= 0.3 is 0 Å². The first-order valence-corrected chi connectivity index (χ1v) is 6.75. The van der Waals surface area contributed by atoms with E-state index in [1.807, 2.05) is 6.07 Å². The Balaban J connectivity index is 2.31. The highest BCUT2D eigenvalue weighted by atomic mass is 35.5. The maximum atomic E-state index is 6.21. The summed E-state index contributed by atoms with van der Waals surface area (Å²) in [6.07, 6.45) is 3.26. The lowest BCUT2D eigenvalue weighted by Gasteiger charge is -2.14. The third kappa shape index (κ3) is 3.10. The zero-order chi connectivity index (χ0) is 13.2. The van der Waals surface area contributed by atoms with E-state index in [0.29, 0.717) is 0 Å². The molecule has 2 heterocycles. The third-order valence-corrected chi connectivity index (χ3v) is 4.14. The van der Waals surface area contributed by atoms with Crippen LogP contribution in [0.2, 0.25) is 4.34 Å². The third-order valence-electron chi connectivity index (χ3n) is 2.35. The highest BCUT2D eigenvalue weighted by molar-refractivity contribution is 7.16. The molecule has 2 nitrogen and oxygen atoms in total. The highest BCUT2D eigenvalue weighted by Gasteiger charge is 2.18. The molecule has 2 rings (SSSR count). The molecule has 18 heavy (non-hydrogen) atoms.